The van der Waals surface area contributed by atoms with Gasteiger partial charge in [0, 0.05) is 17.2 Å². The lowest BCUT2D eigenvalue weighted by atomic mass is 10.00. The van der Waals surface area contributed by atoms with Gasteiger partial charge >= 0.3 is 6.55 Å². The van der Waals surface area contributed by atoms with E-state index in [0.717, 1.165) is 24.5 Å². The molecule has 32 heavy (non-hydrogen) atoms. The van der Waals surface area contributed by atoms with Crippen molar-refractivity contribution in [3.8, 4) is 16.9 Å². The molecule has 2 aromatic carbocycles. The SMILES string of the molecule is C[C@H](Oc1cc(F)c(-c2ccc(F)c(Cl)c2F)c2ncnc(N)c12)c1nnn(C(F)F)n1. The third-order valence-electron chi connectivity index (χ3n) is 4.45. The Morgan fingerprint density at radius 3 is 2.56 bits per heavy atom. The third kappa shape index (κ3) is 3.64. The Labute approximate surface area is 180 Å². The van der Waals surface area contributed by atoms with E-state index in [1.807, 2.05) is 0 Å². The third-order valence-corrected chi connectivity index (χ3v) is 4.79. The van der Waals surface area contributed by atoms with Crippen LogP contribution < -0.4 is 10.5 Å². The zero-order chi connectivity index (χ0) is 23.2. The van der Waals surface area contributed by atoms with E-state index < -0.39 is 35.1 Å². The molecular formula is C18H11ClF5N7O. The van der Waals surface area contributed by atoms with E-state index in [4.69, 9.17) is 22.1 Å². The number of hydrogen-bond acceptors (Lipinski definition) is 7. The molecule has 0 fully saturated rings. The van der Waals surface area contributed by atoms with Crippen LogP contribution in [0.25, 0.3) is 22.0 Å². The number of nitrogens with zero attached hydrogens (tertiary/aromatic N) is 6. The number of fused-ring (bicyclic) bond motifs is 1. The highest BCUT2D eigenvalue weighted by atomic mass is 35.5. The number of ether oxygens (including phenoxy) is 1. The van der Waals surface area contributed by atoms with Gasteiger partial charge in [0.2, 0.25) is 5.82 Å². The number of nitrogen functional groups attached to an aromatic ring is 1. The van der Waals surface area contributed by atoms with E-state index in [-0.39, 0.29) is 44.2 Å². The van der Waals surface area contributed by atoms with Crippen molar-refractivity contribution in [2.24, 2.45) is 0 Å². The maximum Gasteiger partial charge on any atom is 0.350 e. The largest absolute Gasteiger partial charge is 0.482 e. The van der Waals surface area contributed by atoms with Crippen LogP contribution in [-0.2, 0) is 0 Å². The Morgan fingerprint density at radius 1 is 1.12 bits per heavy atom. The number of alkyl halides is 2. The van der Waals surface area contributed by atoms with E-state index in [2.05, 4.69) is 25.4 Å². The summed E-state index contributed by atoms with van der Waals surface area (Å²) < 4.78 is 74.3. The quantitative estimate of drug-likeness (QED) is 0.338. The smallest absolute Gasteiger partial charge is 0.350 e. The summed E-state index contributed by atoms with van der Waals surface area (Å²) in [4.78, 5) is 7.89. The fraction of sp³-hybridized carbons (Fsp3) is 0.167. The summed E-state index contributed by atoms with van der Waals surface area (Å²) in [6, 6.07) is 2.76. The standard InChI is InChI=1S/C18H11ClF5N7O/c1-6(17-28-30-31(29-17)18(23)24)32-10-4-9(21)11(15-12(10)16(25)27-5-26-15)7-2-3-8(20)13(19)14(7)22/h2-6,18H,1H3,(H2,25,26,27)/t6-/m0/s1. The fourth-order valence-corrected chi connectivity index (χ4v) is 3.16. The van der Waals surface area contributed by atoms with Gasteiger partial charge in [-0.3, -0.25) is 0 Å². The van der Waals surface area contributed by atoms with Crippen LogP contribution in [0.3, 0.4) is 0 Å². The monoisotopic (exact) mass is 471 g/mol. The molecule has 0 radical (unpaired) electrons. The lowest BCUT2D eigenvalue weighted by Gasteiger charge is -2.17. The predicted octanol–water partition coefficient (Wildman–Crippen LogP) is 4.47. The second-order valence-electron chi connectivity index (χ2n) is 6.44. The minimum Gasteiger partial charge on any atom is -0.482 e. The van der Waals surface area contributed by atoms with Gasteiger partial charge in [-0.15, -0.1) is 10.2 Å². The predicted molar refractivity (Wildman–Crippen MR) is 102 cm³/mol. The van der Waals surface area contributed by atoms with E-state index in [1.165, 1.54) is 6.92 Å². The van der Waals surface area contributed by atoms with Crippen molar-refractivity contribution >= 4 is 28.3 Å². The molecular weight excluding hydrogens is 461 g/mol. The summed E-state index contributed by atoms with van der Waals surface area (Å²) in [5, 5.41) is 9.33. The van der Waals surface area contributed by atoms with Crippen molar-refractivity contribution in [3.63, 3.8) is 0 Å². The summed E-state index contributed by atoms with van der Waals surface area (Å²) in [7, 11) is 0. The molecule has 0 amide bonds. The first-order chi connectivity index (χ1) is 15.2. The van der Waals surface area contributed by atoms with E-state index in [1.54, 1.807) is 0 Å². The molecule has 14 heteroatoms. The number of rotatable bonds is 5. The van der Waals surface area contributed by atoms with E-state index in [0.29, 0.717) is 0 Å². The number of nitrogens with two attached hydrogens (primary N) is 1. The van der Waals surface area contributed by atoms with Crippen LogP contribution in [0.1, 0.15) is 25.4 Å². The molecule has 2 N–H and O–H groups in total. The summed E-state index contributed by atoms with van der Waals surface area (Å²) in [6.07, 6.45) is -0.0420. The Bertz CT molecular complexity index is 1330. The normalized spacial score (nSPS) is 12.5. The van der Waals surface area contributed by atoms with Gasteiger partial charge in [0.1, 0.15) is 34.6 Å². The second kappa shape index (κ2) is 8.15. The highest BCUT2D eigenvalue weighted by Gasteiger charge is 2.25. The maximum absolute atomic E-state index is 15.1. The number of benzene rings is 2. The molecule has 0 aliphatic heterocycles. The molecule has 2 heterocycles. The molecule has 8 nitrogen and oxygen atoms in total. The first-order valence-electron chi connectivity index (χ1n) is 8.79. The highest BCUT2D eigenvalue weighted by Crippen LogP contribution is 2.41. The van der Waals surface area contributed by atoms with Crippen molar-refractivity contribution in [3.05, 3.63) is 52.8 Å². The molecule has 0 aliphatic rings. The van der Waals surface area contributed by atoms with Gasteiger partial charge in [-0.1, -0.05) is 16.4 Å². The molecule has 4 rings (SSSR count). The Kier molecular flexibility index (Phi) is 5.50. The second-order valence-corrected chi connectivity index (χ2v) is 6.82. The molecule has 1 atom stereocenters. The van der Waals surface area contributed by atoms with Crippen molar-refractivity contribution in [1.29, 1.82) is 0 Å². The summed E-state index contributed by atoms with van der Waals surface area (Å²) in [5.41, 5.74) is 5.06. The topological polar surface area (TPSA) is 105 Å². The molecule has 0 saturated carbocycles. The number of tetrazole rings is 1. The van der Waals surface area contributed by atoms with Crippen molar-refractivity contribution in [1.82, 2.24) is 30.2 Å². The molecule has 0 bridgehead atoms. The number of hydrogen-bond donors (Lipinski definition) is 1. The summed E-state index contributed by atoms with van der Waals surface area (Å²) >= 11 is 5.63. The van der Waals surface area contributed by atoms with Crippen LogP contribution in [0.15, 0.2) is 24.5 Å². The minimum absolute atomic E-state index is 0.00292. The molecule has 0 spiro atoms. The number of aromatic nitrogens is 6. The zero-order valence-corrected chi connectivity index (χ0v) is 16.7. The average molecular weight is 472 g/mol. The average Bonchev–Trinajstić information content (AvgIpc) is 3.24. The molecule has 0 unspecified atom stereocenters. The first-order valence-corrected chi connectivity index (χ1v) is 9.17. The van der Waals surface area contributed by atoms with Gasteiger partial charge in [0.15, 0.2) is 11.9 Å². The van der Waals surface area contributed by atoms with Crippen LogP contribution in [-0.4, -0.2) is 30.2 Å². The highest BCUT2D eigenvalue weighted by molar-refractivity contribution is 6.31. The van der Waals surface area contributed by atoms with Gasteiger partial charge in [0.25, 0.3) is 0 Å². The van der Waals surface area contributed by atoms with E-state index >= 15 is 4.39 Å². The Morgan fingerprint density at radius 2 is 1.88 bits per heavy atom. The summed E-state index contributed by atoms with van der Waals surface area (Å²) in [6.45, 7) is -1.60. The maximum atomic E-state index is 15.1. The number of halogens is 6. The van der Waals surface area contributed by atoms with Crippen LogP contribution in [0.4, 0.5) is 27.8 Å². The van der Waals surface area contributed by atoms with Crippen LogP contribution >= 0.6 is 11.6 Å². The lowest BCUT2D eigenvalue weighted by molar-refractivity contribution is 0.0389. The van der Waals surface area contributed by atoms with Crippen molar-refractivity contribution in [2.45, 2.75) is 19.6 Å². The summed E-state index contributed by atoms with van der Waals surface area (Å²) in [5.74, 6) is -3.76. The molecule has 0 aliphatic carbocycles. The zero-order valence-electron chi connectivity index (χ0n) is 15.9. The first kappa shape index (κ1) is 21.6. The lowest BCUT2D eigenvalue weighted by Crippen LogP contribution is -2.09. The van der Waals surface area contributed by atoms with Crippen molar-refractivity contribution in [2.75, 3.05) is 5.73 Å². The van der Waals surface area contributed by atoms with Crippen LogP contribution in [0, 0.1) is 17.5 Å². The van der Waals surface area contributed by atoms with Gasteiger partial charge in [-0.25, -0.2) is 23.1 Å². The fourth-order valence-electron chi connectivity index (χ4n) is 3.00. The van der Waals surface area contributed by atoms with Crippen LogP contribution in [0.2, 0.25) is 5.02 Å². The Hall–Kier alpha value is -3.61. The van der Waals surface area contributed by atoms with E-state index in [9.17, 15) is 17.6 Å². The molecule has 4 aromatic rings. The van der Waals surface area contributed by atoms with Crippen LogP contribution in [0.5, 0.6) is 5.75 Å². The molecule has 166 valence electrons. The van der Waals surface area contributed by atoms with Gasteiger partial charge in [-0.2, -0.15) is 8.78 Å². The molecule has 0 saturated heterocycles. The van der Waals surface area contributed by atoms with Crippen molar-refractivity contribution < 1.29 is 26.7 Å². The molecule has 2 aromatic heterocycles. The minimum atomic E-state index is -3.01. The van der Waals surface area contributed by atoms with Gasteiger partial charge in [0.05, 0.1) is 10.9 Å². The van der Waals surface area contributed by atoms with Gasteiger partial charge in [-0.05, 0) is 24.3 Å². The van der Waals surface area contributed by atoms with Gasteiger partial charge < -0.3 is 10.5 Å². The number of anilines is 1. The Balaban J connectivity index is 1.86.